The van der Waals surface area contributed by atoms with Crippen LogP contribution in [-0.4, -0.2) is 35.9 Å². The second-order valence-electron chi connectivity index (χ2n) is 8.49. The third kappa shape index (κ3) is 7.28. The lowest BCUT2D eigenvalue weighted by Crippen LogP contribution is -2.49. The molecule has 0 spiro atoms. The summed E-state index contributed by atoms with van der Waals surface area (Å²) < 4.78 is 5.77. The predicted molar refractivity (Wildman–Crippen MR) is 125 cm³/mol. The fraction of sp³-hybridized carbons (Fsp3) is 0.440. The molecule has 1 N–H and O–H groups in total. The first-order valence-corrected chi connectivity index (χ1v) is 11.0. The third-order valence-corrected chi connectivity index (χ3v) is 5.66. The maximum absolute atomic E-state index is 13.1. The summed E-state index contributed by atoms with van der Waals surface area (Å²) in [7, 11) is 0. The molecule has 0 aromatic heterocycles. The second-order valence-corrected chi connectivity index (χ2v) is 8.86. The van der Waals surface area contributed by atoms with Gasteiger partial charge in [0.2, 0.25) is 5.91 Å². The number of aryl methyl sites for hydroxylation is 3. The minimum Gasteiger partial charge on any atom is -0.484 e. The number of hydrogen-bond donors (Lipinski definition) is 1. The predicted octanol–water partition coefficient (Wildman–Crippen LogP) is 4.83. The first kappa shape index (κ1) is 24.7. The molecule has 0 saturated carbocycles. The zero-order valence-electron chi connectivity index (χ0n) is 19.3. The summed E-state index contributed by atoms with van der Waals surface area (Å²) in [4.78, 5) is 27.4. The molecule has 2 rings (SSSR count). The number of halogens is 1. The van der Waals surface area contributed by atoms with E-state index in [0.29, 0.717) is 29.8 Å². The lowest BCUT2D eigenvalue weighted by Gasteiger charge is -2.29. The van der Waals surface area contributed by atoms with Gasteiger partial charge in [0.1, 0.15) is 11.8 Å². The molecule has 0 aliphatic rings. The molecule has 168 valence electrons. The van der Waals surface area contributed by atoms with Crippen molar-refractivity contribution in [3.8, 4) is 5.75 Å². The lowest BCUT2D eigenvalue weighted by molar-refractivity contribution is -0.142. The highest BCUT2D eigenvalue weighted by molar-refractivity contribution is 6.32. The van der Waals surface area contributed by atoms with Crippen molar-refractivity contribution in [2.45, 2.75) is 54.1 Å². The number of nitrogens with zero attached hydrogens (tertiary/aromatic N) is 1. The maximum Gasteiger partial charge on any atom is 0.261 e. The number of nitrogens with one attached hydrogen (secondary N) is 1. The smallest absolute Gasteiger partial charge is 0.261 e. The van der Waals surface area contributed by atoms with E-state index in [4.69, 9.17) is 16.3 Å². The van der Waals surface area contributed by atoms with Crippen molar-refractivity contribution in [1.29, 1.82) is 0 Å². The van der Waals surface area contributed by atoms with Gasteiger partial charge in [-0.25, -0.2) is 0 Å². The van der Waals surface area contributed by atoms with Crippen molar-refractivity contribution in [3.05, 3.63) is 63.7 Å². The average Bonchev–Trinajstić information content (AvgIpc) is 2.71. The van der Waals surface area contributed by atoms with Crippen molar-refractivity contribution in [3.63, 3.8) is 0 Å². The van der Waals surface area contributed by atoms with E-state index >= 15 is 0 Å². The number of rotatable bonds is 9. The maximum atomic E-state index is 13.1. The molecule has 0 heterocycles. The molecular weight excluding hydrogens is 412 g/mol. The summed E-state index contributed by atoms with van der Waals surface area (Å²) in [6, 6.07) is 10.9. The summed E-state index contributed by atoms with van der Waals surface area (Å²) in [5, 5.41) is 3.61. The first-order valence-electron chi connectivity index (χ1n) is 10.6. The van der Waals surface area contributed by atoms with Gasteiger partial charge in [-0.15, -0.1) is 0 Å². The summed E-state index contributed by atoms with van der Waals surface area (Å²) in [6.07, 6.45) is 0. The molecule has 5 nitrogen and oxygen atoms in total. The van der Waals surface area contributed by atoms with Crippen molar-refractivity contribution >= 4 is 23.4 Å². The Hall–Kier alpha value is -2.53. The van der Waals surface area contributed by atoms with Crippen LogP contribution < -0.4 is 10.1 Å². The molecule has 2 aromatic rings. The molecule has 0 aliphatic carbocycles. The molecular formula is C25H33ClN2O3. The van der Waals surface area contributed by atoms with E-state index in [0.717, 1.165) is 22.3 Å². The van der Waals surface area contributed by atoms with Crippen LogP contribution in [0.2, 0.25) is 5.02 Å². The second kappa shape index (κ2) is 11.2. The Bertz CT molecular complexity index is 904. The van der Waals surface area contributed by atoms with E-state index in [1.807, 2.05) is 71.0 Å². The number of ether oxygens (including phenoxy) is 1. The highest BCUT2D eigenvalue weighted by Crippen LogP contribution is 2.26. The van der Waals surface area contributed by atoms with Gasteiger partial charge in [0.25, 0.3) is 5.91 Å². The summed E-state index contributed by atoms with van der Waals surface area (Å²) in [5.41, 5.74) is 3.85. The Kier molecular flexibility index (Phi) is 8.93. The van der Waals surface area contributed by atoms with E-state index < -0.39 is 6.04 Å². The van der Waals surface area contributed by atoms with Crippen molar-refractivity contribution < 1.29 is 14.3 Å². The van der Waals surface area contributed by atoms with Gasteiger partial charge in [-0.1, -0.05) is 55.3 Å². The molecule has 0 fully saturated rings. The molecule has 2 aromatic carbocycles. The molecule has 0 radical (unpaired) electrons. The van der Waals surface area contributed by atoms with Crippen molar-refractivity contribution in [1.82, 2.24) is 10.2 Å². The Morgan fingerprint density at radius 3 is 2.29 bits per heavy atom. The van der Waals surface area contributed by atoms with Gasteiger partial charge in [0, 0.05) is 18.1 Å². The molecule has 31 heavy (non-hydrogen) atoms. The van der Waals surface area contributed by atoms with E-state index in [2.05, 4.69) is 5.32 Å². The van der Waals surface area contributed by atoms with Crippen LogP contribution in [0.25, 0.3) is 0 Å². The third-order valence-electron chi connectivity index (χ3n) is 5.06. The fourth-order valence-corrected chi connectivity index (χ4v) is 3.37. The molecule has 0 saturated heterocycles. The van der Waals surface area contributed by atoms with Gasteiger partial charge in [0.05, 0.1) is 0 Å². The first-order chi connectivity index (χ1) is 14.6. The average molecular weight is 445 g/mol. The molecule has 6 heteroatoms. The summed E-state index contributed by atoms with van der Waals surface area (Å²) in [5.74, 6) is 0.490. The molecule has 0 bridgehead atoms. The van der Waals surface area contributed by atoms with E-state index in [1.54, 1.807) is 11.8 Å². The topological polar surface area (TPSA) is 58.6 Å². The molecule has 1 atom stereocenters. The Morgan fingerprint density at radius 1 is 1.06 bits per heavy atom. The van der Waals surface area contributed by atoms with Gasteiger partial charge in [-0.3, -0.25) is 9.59 Å². The highest BCUT2D eigenvalue weighted by Gasteiger charge is 2.26. The van der Waals surface area contributed by atoms with Crippen LogP contribution >= 0.6 is 11.6 Å². The minimum atomic E-state index is -0.621. The number of hydrogen-bond acceptors (Lipinski definition) is 3. The number of amides is 2. The van der Waals surface area contributed by atoms with Gasteiger partial charge < -0.3 is 15.0 Å². The zero-order valence-corrected chi connectivity index (χ0v) is 20.0. The van der Waals surface area contributed by atoms with Gasteiger partial charge in [-0.05, 0) is 62.4 Å². The molecule has 0 unspecified atom stereocenters. The van der Waals surface area contributed by atoms with Crippen LogP contribution in [0.3, 0.4) is 0 Å². The van der Waals surface area contributed by atoms with Crippen LogP contribution in [0, 0.1) is 26.7 Å². The van der Waals surface area contributed by atoms with Crippen LogP contribution in [0.15, 0.2) is 36.4 Å². The van der Waals surface area contributed by atoms with Crippen LogP contribution in [0.5, 0.6) is 5.75 Å². The number of carbonyl (C=O) groups excluding carboxylic acids is 2. The number of benzene rings is 2. The minimum absolute atomic E-state index is 0.159. The molecule has 2 amide bonds. The lowest BCUT2D eigenvalue weighted by atomic mass is 10.1. The van der Waals surface area contributed by atoms with Crippen LogP contribution in [-0.2, 0) is 16.1 Å². The van der Waals surface area contributed by atoms with Crippen molar-refractivity contribution in [2.24, 2.45) is 5.92 Å². The SMILES string of the molecule is Cc1cccc(CN(C(=O)COc2cc(C)c(Cl)c(C)c2)[C@H](C)C(=O)NCC(C)C)c1. The summed E-state index contributed by atoms with van der Waals surface area (Å²) >= 11 is 6.22. The molecule has 0 aliphatic heterocycles. The van der Waals surface area contributed by atoms with E-state index in [1.165, 1.54) is 0 Å². The van der Waals surface area contributed by atoms with E-state index in [9.17, 15) is 9.59 Å². The monoisotopic (exact) mass is 444 g/mol. The normalized spacial score (nSPS) is 11.9. The van der Waals surface area contributed by atoms with Crippen molar-refractivity contribution in [2.75, 3.05) is 13.2 Å². The Labute approximate surface area is 190 Å². The number of carbonyl (C=O) groups is 2. The van der Waals surface area contributed by atoms with Gasteiger partial charge >= 0.3 is 0 Å². The summed E-state index contributed by atoms with van der Waals surface area (Å²) in [6.45, 7) is 12.4. The van der Waals surface area contributed by atoms with Crippen LogP contribution in [0.4, 0.5) is 0 Å². The Balaban J connectivity index is 2.17. The zero-order chi connectivity index (χ0) is 23.1. The largest absolute Gasteiger partial charge is 0.484 e. The van der Waals surface area contributed by atoms with Gasteiger partial charge in [-0.2, -0.15) is 0 Å². The highest BCUT2D eigenvalue weighted by atomic mass is 35.5. The Morgan fingerprint density at radius 2 is 1.71 bits per heavy atom. The van der Waals surface area contributed by atoms with Crippen LogP contribution in [0.1, 0.15) is 43.0 Å². The quantitative estimate of drug-likeness (QED) is 0.602. The fourth-order valence-electron chi connectivity index (χ4n) is 3.26. The standard InChI is InChI=1S/C25H33ClN2O3/c1-16(2)13-27-25(30)20(6)28(14-21-9-7-8-17(3)10-21)23(29)15-31-22-11-18(4)24(26)19(5)12-22/h7-12,16,20H,13-15H2,1-6H3,(H,27,30)/t20-/m1/s1. The van der Waals surface area contributed by atoms with E-state index in [-0.39, 0.29) is 18.4 Å². The van der Waals surface area contributed by atoms with Gasteiger partial charge in [0.15, 0.2) is 6.61 Å².